The molecule has 0 fully saturated rings. The first kappa shape index (κ1) is 21.4. The Kier molecular flexibility index (Phi) is 6.85. The van der Waals surface area contributed by atoms with E-state index in [0.29, 0.717) is 34.9 Å². The number of carbonyl (C=O) groups excluding carboxylic acids is 3. The summed E-state index contributed by atoms with van der Waals surface area (Å²) in [4.78, 5) is 34.7. The number of nitrogens with two attached hydrogens (primary N) is 1. The lowest BCUT2D eigenvalue weighted by Crippen LogP contribution is -2.22. The summed E-state index contributed by atoms with van der Waals surface area (Å²) in [6.07, 6.45) is -0.545. The molecule has 3 rings (SSSR count). The molecule has 0 radical (unpaired) electrons. The van der Waals surface area contributed by atoms with Crippen LogP contribution in [0.1, 0.15) is 26.3 Å². The summed E-state index contributed by atoms with van der Waals surface area (Å²) < 4.78 is 10.2. The quantitative estimate of drug-likeness (QED) is 0.540. The number of carbonyl (C=O) groups is 3. The summed E-state index contributed by atoms with van der Waals surface area (Å²) >= 11 is 0. The molecule has 3 aromatic rings. The Balaban J connectivity index is 1.53. The monoisotopic (exact) mass is 419 g/mol. The molecule has 0 aliphatic carbocycles. The molecule has 4 N–H and O–H groups in total. The Morgan fingerprint density at radius 1 is 0.806 bits per heavy atom. The van der Waals surface area contributed by atoms with Gasteiger partial charge in [0.2, 0.25) is 5.91 Å². The summed E-state index contributed by atoms with van der Waals surface area (Å²) in [5.41, 5.74) is 7.58. The molecule has 0 aliphatic heterocycles. The van der Waals surface area contributed by atoms with E-state index >= 15 is 0 Å². The van der Waals surface area contributed by atoms with Crippen molar-refractivity contribution in [1.82, 2.24) is 5.32 Å². The van der Waals surface area contributed by atoms with Gasteiger partial charge in [-0.15, -0.1) is 0 Å². The molecule has 0 atom stereocenters. The first-order valence-electron chi connectivity index (χ1n) is 9.34. The minimum Gasteiger partial charge on any atom is -0.457 e. The Hall–Kier alpha value is -4.33. The van der Waals surface area contributed by atoms with Crippen molar-refractivity contribution in [1.29, 1.82) is 0 Å². The average Bonchev–Trinajstić information content (AvgIpc) is 2.79. The molecule has 3 amide bonds. The second-order valence-electron chi connectivity index (χ2n) is 6.51. The maximum absolute atomic E-state index is 12.4. The van der Waals surface area contributed by atoms with E-state index in [-0.39, 0.29) is 5.91 Å². The number of anilines is 1. The third-order valence-corrected chi connectivity index (χ3v) is 4.33. The summed E-state index contributed by atoms with van der Waals surface area (Å²) in [7, 11) is 1.29. The van der Waals surface area contributed by atoms with Gasteiger partial charge in [0.1, 0.15) is 11.5 Å². The number of benzene rings is 3. The van der Waals surface area contributed by atoms with Crippen LogP contribution >= 0.6 is 0 Å². The van der Waals surface area contributed by atoms with Crippen molar-refractivity contribution in [2.75, 3.05) is 12.4 Å². The maximum atomic E-state index is 12.4. The molecule has 0 aromatic heterocycles. The Labute approximate surface area is 179 Å². The molecule has 0 spiro atoms. The van der Waals surface area contributed by atoms with Crippen molar-refractivity contribution in [3.63, 3.8) is 0 Å². The minimum atomic E-state index is -0.545. The summed E-state index contributed by atoms with van der Waals surface area (Å²) in [5.74, 6) is 0.370. The van der Waals surface area contributed by atoms with Gasteiger partial charge in [0.15, 0.2) is 0 Å². The van der Waals surface area contributed by atoms with Gasteiger partial charge in [-0.2, -0.15) is 0 Å². The van der Waals surface area contributed by atoms with Crippen LogP contribution in [0, 0.1) is 0 Å². The number of rotatable bonds is 7. The van der Waals surface area contributed by atoms with Crippen molar-refractivity contribution in [3.8, 4) is 11.5 Å². The lowest BCUT2D eigenvalue weighted by atomic mass is 10.1. The van der Waals surface area contributed by atoms with Crippen molar-refractivity contribution in [2.24, 2.45) is 5.73 Å². The Morgan fingerprint density at radius 2 is 1.35 bits per heavy atom. The normalized spacial score (nSPS) is 10.1. The average molecular weight is 419 g/mol. The highest BCUT2D eigenvalue weighted by Crippen LogP contribution is 2.22. The van der Waals surface area contributed by atoms with E-state index in [9.17, 15) is 14.4 Å². The number of amides is 3. The Morgan fingerprint density at radius 3 is 1.87 bits per heavy atom. The fraction of sp³-hybridized carbons (Fsp3) is 0.0870. The van der Waals surface area contributed by atoms with Crippen molar-refractivity contribution in [3.05, 3.63) is 89.5 Å². The lowest BCUT2D eigenvalue weighted by molar-refractivity contribution is 0.0949. The largest absolute Gasteiger partial charge is 0.457 e. The highest BCUT2D eigenvalue weighted by Gasteiger charge is 2.07. The standard InChI is InChI=1S/C23H21N3O5/c1-30-23(29)26-18-8-2-15(3-9-18)14-25-22(28)17-6-12-20(13-7-17)31-19-10-4-16(5-11-19)21(24)27/h2-13H,14H2,1H3,(H2,24,27)(H,25,28)(H,26,29). The van der Waals surface area contributed by atoms with Crippen molar-refractivity contribution in [2.45, 2.75) is 6.54 Å². The van der Waals surface area contributed by atoms with Gasteiger partial charge in [-0.1, -0.05) is 12.1 Å². The fourth-order valence-corrected chi connectivity index (χ4v) is 2.66. The zero-order chi connectivity index (χ0) is 22.2. The first-order chi connectivity index (χ1) is 14.9. The van der Waals surface area contributed by atoms with Crippen LogP contribution in [0.4, 0.5) is 10.5 Å². The highest BCUT2D eigenvalue weighted by molar-refractivity contribution is 5.94. The van der Waals surface area contributed by atoms with Gasteiger partial charge in [-0.05, 0) is 66.2 Å². The lowest BCUT2D eigenvalue weighted by Gasteiger charge is -2.09. The van der Waals surface area contributed by atoms with E-state index in [1.54, 1.807) is 72.8 Å². The topological polar surface area (TPSA) is 120 Å². The van der Waals surface area contributed by atoms with E-state index in [2.05, 4.69) is 15.4 Å². The molecule has 0 saturated heterocycles. The molecule has 8 nitrogen and oxygen atoms in total. The molecule has 3 aromatic carbocycles. The van der Waals surface area contributed by atoms with Crippen molar-refractivity contribution >= 4 is 23.6 Å². The van der Waals surface area contributed by atoms with Gasteiger partial charge in [-0.25, -0.2) is 4.79 Å². The number of primary amides is 1. The second-order valence-corrected chi connectivity index (χ2v) is 6.51. The second kappa shape index (κ2) is 9.93. The van der Waals surface area contributed by atoms with E-state index < -0.39 is 12.0 Å². The summed E-state index contributed by atoms with van der Waals surface area (Å²) in [6.45, 7) is 0.335. The van der Waals surface area contributed by atoms with E-state index in [1.165, 1.54) is 7.11 Å². The first-order valence-corrected chi connectivity index (χ1v) is 9.34. The van der Waals surface area contributed by atoms with Gasteiger partial charge in [0.25, 0.3) is 5.91 Å². The van der Waals surface area contributed by atoms with E-state index in [1.807, 2.05) is 0 Å². The number of hydrogen-bond acceptors (Lipinski definition) is 5. The summed E-state index contributed by atoms with van der Waals surface area (Å²) in [5, 5.41) is 5.40. The van der Waals surface area contributed by atoms with Crippen LogP contribution in [0.25, 0.3) is 0 Å². The van der Waals surface area contributed by atoms with Gasteiger partial charge >= 0.3 is 6.09 Å². The van der Waals surface area contributed by atoms with Crippen LogP contribution in [-0.4, -0.2) is 25.0 Å². The molecule has 158 valence electrons. The number of methoxy groups -OCH3 is 1. The van der Waals surface area contributed by atoms with E-state index in [0.717, 1.165) is 5.56 Å². The van der Waals surface area contributed by atoms with Gasteiger partial charge in [0, 0.05) is 23.4 Å². The minimum absolute atomic E-state index is 0.228. The predicted octanol–water partition coefficient (Wildman–Crippen LogP) is 3.69. The predicted molar refractivity (Wildman–Crippen MR) is 115 cm³/mol. The molecule has 0 saturated carbocycles. The van der Waals surface area contributed by atoms with E-state index in [4.69, 9.17) is 10.5 Å². The number of hydrogen-bond donors (Lipinski definition) is 3. The Bertz CT molecular complexity index is 1060. The number of ether oxygens (including phenoxy) is 2. The molecule has 0 aliphatic rings. The molecule has 8 heteroatoms. The highest BCUT2D eigenvalue weighted by atomic mass is 16.5. The third-order valence-electron chi connectivity index (χ3n) is 4.33. The number of nitrogens with one attached hydrogen (secondary N) is 2. The molecule has 0 bridgehead atoms. The molecular formula is C23H21N3O5. The summed E-state index contributed by atoms with van der Waals surface area (Å²) in [6, 6.07) is 20.2. The molecule has 0 heterocycles. The van der Waals surface area contributed by atoms with Crippen LogP contribution in [-0.2, 0) is 11.3 Å². The van der Waals surface area contributed by atoms with Crippen LogP contribution in [0.15, 0.2) is 72.8 Å². The van der Waals surface area contributed by atoms with Gasteiger partial charge in [0.05, 0.1) is 7.11 Å². The van der Waals surface area contributed by atoms with Gasteiger partial charge < -0.3 is 20.5 Å². The SMILES string of the molecule is COC(=O)Nc1ccc(CNC(=O)c2ccc(Oc3ccc(C(N)=O)cc3)cc2)cc1. The van der Waals surface area contributed by atoms with Crippen LogP contribution in [0.5, 0.6) is 11.5 Å². The maximum Gasteiger partial charge on any atom is 0.411 e. The van der Waals surface area contributed by atoms with Gasteiger partial charge in [-0.3, -0.25) is 14.9 Å². The van der Waals surface area contributed by atoms with Crippen molar-refractivity contribution < 1.29 is 23.9 Å². The third kappa shape index (κ3) is 6.07. The van der Waals surface area contributed by atoms with Crippen LogP contribution in [0.2, 0.25) is 0 Å². The van der Waals surface area contributed by atoms with Crippen LogP contribution in [0.3, 0.4) is 0 Å². The zero-order valence-corrected chi connectivity index (χ0v) is 16.8. The van der Waals surface area contributed by atoms with Crippen LogP contribution < -0.4 is 21.1 Å². The molecule has 31 heavy (non-hydrogen) atoms. The molecular weight excluding hydrogens is 398 g/mol. The smallest absolute Gasteiger partial charge is 0.411 e. The molecule has 0 unspecified atom stereocenters. The fourth-order valence-electron chi connectivity index (χ4n) is 2.66. The zero-order valence-electron chi connectivity index (χ0n) is 16.8.